The molecule has 0 aliphatic rings. The fourth-order valence-corrected chi connectivity index (χ4v) is 1.68. The van der Waals surface area contributed by atoms with Gasteiger partial charge < -0.3 is 0 Å². The predicted octanol–water partition coefficient (Wildman–Crippen LogP) is 5.50. The molecular weight excluding hydrogens is 401 g/mol. The van der Waals surface area contributed by atoms with E-state index >= 15 is 0 Å². The highest BCUT2D eigenvalue weighted by Gasteiger charge is 2.73. The number of hydrogen-bond donors (Lipinski definition) is 0. The second-order valence-corrected chi connectivity index (χ2v) is 4.98. The Labute approximate surface area is 113 Å². The first-order valence-electron chi connectivity index (χ1n) is 4.19. The molecule has 0 fully saturated rings. The van der Waals surface area contributed by atoms with Crippen LogP contribution < -0.4 is 0 Å². The lowest BCUT2D eigenvalue weighted by molar-refractivity contribution is -0.359. The van der Waals surface area contributed by atoms with E-state index in [2.05, 4.69) is 31.9 Å². The second-order valence-electron chi connectivity index (χ2n) is 3.28. The lowest BCUT2D eigenvalue weighted by Crippen LogP contribution is -2.50. The van der Waals surface area contributed by atoms with Crippen molar-refractivity contribution in [3.8, 4) is 0 Å². The van der Waals surface area contributed by atoms with Gasteiger partial charge in [0.25, 0.3) is 0 Å². The van der Waals surface area contributed by atoms with Gasteiger partial charge in [0.2, 0.25) is 0 Å². The third-order valence-corrected chi connectivity index (χ3v) is 3.91. The van der Waals surface area contributed by atoms with Crippen molar-refractivity contribution in [3.63, 3.8) is 0 Å². The van der Waals surface area contributed by atoms with Gasteiger partial charge in [-0.3, -0.25) is 0 Å². The molecule has 0 unspecified atom stereocenters. The third-order valence-electron chi connectivity index (χ3n) is 2.03. The minimum atomic E-state index is -6.34. The summed E-state index contributed by atoms with van der Waals surface area (Å²) in [6, 6.07) is 1.94. The van der Waals surface area contributed by atoms with Gasteiger partial charge >= 0.3 is 18.0 Å². The first kappa shape index (κ1) is 15.7. The summed E-state index contributed by atoms with van der Waals surface area (Å²) >= 11 is 5.63. The highest BCUT2D eigenvalue weighted by atomic mass is 79.9. The van der Waals surface area contributed by atoms with Crippen LogP contribution in [-0.4, -0.2) is 12.1 Å². The number of alkyl halides is 7. The van der Waals surface area contributed by atoms with Gasteiger partial charge in [0.1, 0.15) is 0 Å². The molecule has 0 nitrogen and oxygen atoms in total. The minimum absolute atomic E-state index is 0.0577. The van der Waals surface area contributed by atoms with Gasteiger partial charge in [-0.15, -0.1) is 0 Å². The minimum Gasteiger partial charge on any atom is -0.194 e. The Bertz CT molecular complexity index is 453. The Morgan fingerprint density at radius 1 is 0.778 bits per heavy atom. The molecule has 0 spiro atoms. The van der Waals surface area contributed by atoms with Gasteiger partial charge in [-0.1, -0.05) is 6.07 Å². The largest absolute Gasteiger partial charge is 0.460 e. The fourth-order valence-electron chi connectivity index (χ4n) is 1.05. The summed E-state index contributed by atoms with van der Waals surface area (Å²) in [5.41, 5.74) is -1.43. The smallest absolute Gasteiger partial charge is 0.194 e. The van der Waals surface area contributed by atoms with Crippen molar-refractivity contribution in [3.05, 3.63) is 32.7 Å². The molecule has 0 saturated heterocycles. The summed E-state index contributed by atoms with van der Waals surface area (Å²) in [5, 5.41) is 0. The van der Waals surface area contributed by atoms with Crippen molar-refractivity contribution in [1.29, 1.82) is 0 Å². The summed E-state index contributed by atoms with van der Waals surface area (Å²) in [6.45, 7) is 0. The molecule has 0 aromatic heterocycles. The zero-order valence-electron chi connectivity index (χ0n) is 8.13. The van der Waals surface area contributed by atoms with Gasteiger partial charge in [0, 0.05) is 14.5 Å². The lowest BCUT2D eigenvalue weighted by atomic mass is 10.0. The third kappa shape index (κ3) is 2.52. The molecule has 1 rings (SSSR count). The van der Waals surface area contributed by atoms with Crippen LogP contribution in [0.1, 0.15) is 5.56 Å². The van der Waals surface area contributed by atoms with E-state index in [-0.39, 0.29) is 8.95 Å². The van der Waals surface area contributed by atoms with Crippen molar-refractivity contribution in [2.75, 3.05) is 0 Å². The Morgan fingerprint density at radius 3 is 1.67 bits per heavy atom. The lowest BCUT2D eigenvalue weighted by Gasteiger charge is -2.28. The van der Waals surface area contributed by atoms with Gasteiger partial charge in [-0.25, -0.2) is 0 Å². The van der Waals surface area contributed by atoms with E-state index in [9.17, 15) is 30.7 Å². The zero-order valence-corrected chi connectivity index (χ0v) is 11.3. The topological polar surface area (TPSA) is 0 Å². The molecule has 0 heterocycles. The van der Waals surface area contributed by atoms with Crippen LogP contribution in [0.4, 0.5) is 30.7 Å². The predicted molar refractivity (Wildman–Crippen MR) is 56.7 cm³/mol. The quantitative estimate of drug-likeness (QED) is 0.572. The molecule has 0 saturated carbocycles. The van der Waals surface area contributed by atoms with Crippen molar-refractivity contribution in [1.82, 2.24) is 0 Å². The molecule has 1 aromatic rings. The second kappa shape index (κ2) is 4.66. The Morgan fingerprint density at radius 2 is 1.28 bits per heavy atom. The molecule has 0 radical (unpaired) electrons. The molecule has 0 aliphatic heterocycles. The van der Waals surface area contributed by atoms with Crippen LogP contribution >= 0.6 is 31.9 Å². The SMILES string of the molecule is FC(F)(F)C(F)(F)C(F)(F)c1ccc(Br)c(Br)c1. The first-order valence-corrected chi connectivity index (χ1v) is 5.77. The molecule has 0 atom stereocenters. The van der Waals surface area contributed by atoms with Crippen molar-refractivity contribution in [2.24, 2.45) is 0 Å². The van der Waals surface area contributed by atoms with Crippen LogP contribution in [0.25, 0.3) is 0 Å². The van der Waals surface area contributed by atoms with Gasteiger partial charge in [-0.05, 0) is 44.0 Å². The number of benzene rings is 1. The molecule has 0 amide bonds. The van der Waals surface area contributed by atoms with E-state index < -0.39 is 23.6 Å². The normalized spacial score (nSPS) is 13.8. The number of hydrogen-bond acceptors (Lipinski definition) is 0. The Hall–Kier alpha value is -0.310. The number of rotatable bonds is 2. The Kier molecular flexibility index (Phi) is 4.08. The molecule has 0 bridgehead atoms. The molecule has 102 valence electrons. The van der Waals surface area contributed by atoms with Crippen LogP contribution in [0.3, 0.4) is 0 Å². The van der Waals surface area contributed by atoms with Gasteiger partial charge in [0.05, 0.1) is 0 Å². The summed E-state index contributed by atoms with van der Waals surface area (Å²) in [4.78, 5) is 0. The van der Waals surface area contributed by atoms with Crippen LogP contribution in [0.5, 0.6) is 0 Å². The molecule has 0 aliphatic carbocycles. The summed E-state index contributed by atoms with van der Waals surface area (Å²) in [7, 11) is 0. The first-order chi connectivity index (χ1) is 7.91. The van der Waals surface area contributed by atoms with E-state index in [1.807, 2.05) is 0 Å². The number of halogens is 9. The van der Waals surface area contributed by atoms with Gasteiger partial charge in [0.15, 0.2) is 0 Å². The summed E-state index contributed by atoms with van der Waals surface area (Å²) < 4.78 is 87.9. The van der Waals surface area contributed by atoms with Gasteiger partial charge in [-0.2, -0.15) is 30.7 Å². The van der Waals surface area contributed by atoms with Crippen molar-refractivity contribution < 1.29 is 30.7 Å². The average molecular weight is 404 g/mol. The van der Waals surface area contributed by atoms with Crippen LogP contribution in [-0.2, 0) is 5.92 Å². The monoisotopic (exact) mass is 402 g/mol. The maximum Gasteiger partial charge on any atom is 0.460 e. The highest BCUT2D eigenvalue weighted by Crippen LogP contribution is 2.52. The van der Waals surface area contributed by atoms with E-state index in [4.69, 9.17) is 0 Å². The zero-order chi connectivity index (χ0) is 14.4. The summed E-state index contributed by atoms with van der Waals surface area (Å²) in [5.74, 6) is -11.5. The van der Waals surface area contributed by atoms with Crippen LogP contribution in [0.15, 0.2) is 27.1 Å². The van der Waals surface area contributed by atoms with Crippen molar-refractivity contribution in [2.45, 2.75) is 18.0 Å². The molecule has 9 heteroatoms. The van der Waals surface area contributed by atoms with E-state index in [0.29, 0.717) is 12.1 Å². The molecule has 18 heavy (non-hydrogen) atoms. The van der Waals surface area contributed by atoms with E-state index in [0.717, 1.165) is 6.07 Å². The Balaban J connectivity index is 3.33. The van der Waals surface area contributed by atoms with E-state index in [1.165, 1.54) is 0 Å². The van der Waals surface area contributed by atoms with Crippen molar-refractivity contribution >= 4 is 31.9 Å². The maximum atomic E-state index is 13.2. The average Bonchev–Trinajstić information content (AvgIpc) is 2.20. The molecule has 1 aromatic carbocycles. The van der Waals surface area contributed by atoms with Crippen LogP contribution in [0, 0.1) is 0 Å². The molecule has 0 N–H and O–H groups in total. The highest BCUT2D eigenvalue weighted by molar-refractivity contribution is 9.13. The fraction of sp³-hybridized carbons (Fsp3) is 0.333. The maximum absolute atomic E-state index is 13.2. The van der Waals surface area contributed by atoms with E-state index in [1.54, 1.807) is 0 Å². The summed E-state index contributed by atoms with van der Waals surface area (Å²) in [6.07, 6.45) is -6.34. The standard InChI is InChI=1S/C9H3Br2F7/c10-5-2-1-4(3-6(5)11)7(12,13)8(14,15)9(16,17)18/h1-3H. The molecular formula is C9H3Br2F7. The van der Waals surface area contributed by atoms with Crippen LogP contribution in [0.2, 0.25) is 0 Å².